The van der Waals surface area contributed by atoms with Crippen LogP contribution in [0.3, 0.4) is 0 Å². The Hall–Kier alpha value is -2.90. The van der Waals surface area contributed by atoms with Gasteiger partial charge in [0, 0.05) is 18.0 Å². The van der Waals surface area contributed by atoms with E-state index < -0.39 is 0 Å². The van der Waals surface area contributed by atoms with Gasteiger partial charge in [-0.15, -0.1) is 0 Å². The lowest BCUT2D eigenvalue weighted by atomic mass is 10.1. The fourth-order valence-electron chi connectivity index (χ4n) is 3.25. The van der Waals surface area contributed by atoms with Crippen molar-refractivity contribution in [1.82, 2.24) is 9.88 Å². The number of nitrogens with two attached hydrogens (primary N) is 1. The number of hydrogen-bond acceptors (Lipinski definition) is 6. The minimum atomic E-state index is -0.289. The lowest BCUT2D eigenvalue weighted by molar-refractivity contribution is -0.105. The summed E-state index contributed by atoms with van der Waals surface area (Å²) in [5, 5.41) is 0. The highest BCUT2D eigenvalue weighted by Crippen LogP contribution is 2.13. The van der Waals surface area contributed by atoms with Crippen molar-refractivity contribution in [2.75, 3.05) is 33.8 Å². The molecule has 3 rings (SSSR count). The van der Waals surface area contributed by atoms with E-state index in [0.29, 0.717) is 47.7 Å². The molecular formula is C28H41FN4O2. The molecule has 0 spiro atoms. The molecule has 2 N–H and O–H groups in total. The number of allylic oxidation sites excluding steroid dienone is 2. The molecular weight excluding hydrogens is 443 g/mol. The second-order valence-electron chi connectivity index (χ2n) is 8.62. The molecule has 2 aromatic rings. The number of carbonyl (C=O) groups is 1. The summed E-state index contributed by atoms with van der Waals surface area (Å²) in [5.74, 6) is 0.388. The van der Waals surface area contributed by atoms with Crippen LogP contribution in [0.4, 0.5) is 4.39 Å². The van der Waals surface area contributed by atoms with Crippen molar-refractivity contribution < 1.29 is 13.9 Å². The topological polar surface area (TPSA) is 80.8 Å². The van der Waals surface area contributed by atoms with Gasteiger partial charge in [0.25, 0.3) is 0 Å². The normalized spacial score (nSPS) is 13.2. The number of rotatable bonds is 7. The first kappa shape index (κ1) is 30.1. The van der Waals surface area contributed by atoms with Crippen molar-refractivity contribution in [3.63, 3.8) is 0 Å². The van der Waals surface area contributed by atoms with Crippen LogP contribution in [0.1, 0.15) is 57.2 Å². The van der Waals surface area contributed by atoms with E-state index in [1.807, 2.05) is 32.2 Å². The molecule has 1 aliphatic heterocycles. The van der Waals surface area contributed by atoms with Gasteiger partial charge in [-0.3, -0.25) is 4.79 Å². The third kappa shape index (κ3) is 11.4. The molecule has 1 saturated heterocycles. The number of likely N-dealkylation sites (tertiary alicyclic amines) is 1. The maximum Gasteiger partial charge on any atom is 0.212 e. The molecule has 1 aromatic carbocycles. The minimum absolute atomic E-state index is 0.289. The average molecular weight is 485 g/mol. The molecule has 0 radical (unpaired) electrons. The number of hydrogen-bond donors (Lipinski definition) is 1. The molecule has 1 aliphatic rings. The fraction of sp³-hybridized carbons (Fsp3) is 0.464. The number of aryl methyl sites for hydroxylation is 1. The SMILES string of the molecule is CC(=NC(C=O)=C(C)C)c1ccc(CCN)c(F)c1.CCc1ccc(OC)nc1.CN1CCCC1. The Labute approximate surface area is 210 Å². The maximum atomic E-state index is 13.8. The molecule has 0 saturated carbocycles. The quantitative estimate of drug-likeness (QED) is 0.340. The zero-order valence-electron chi connectivity index (χ0n) is 22.1. The highest BCUT2D eigenvalue weighted by molar-refractivity contribution is 6.01. The summed E-state index contributed by atoms with van der Waals surface area (Å²) in [6, 6.07) is 8.82. The number of aliphatic imine (C=N–C) groups is 1. The maximum absolute atomic E-state index is 13.8. The first-order chi connectivity index (χ1) is 16.7. The lowest BCUT2D eigenvalue weighted by Gasteiger charge is -2.06. The Morgan fingerprint density at radius 3 is 2.29 bits per heavy atom. The van der Waals surface area contributed by atoms with Crippen molar-refractivity contribution in [3.05, 3.63) is 70.3 Å². The number of carbonyl (C=O) groups excluding carboxylic acids is 1. The zero-order chi connectivity index (χ0) is 26.2. The highest BCUT2D eigenvalue weighted by Gasteiger charge is 2.06. The van der Waals surface area contributed by atoms with Crippen molar-refractivity contribution in [3.8, 4) is 5.88 Å². The van der Waals surface area contributed by atoms with Gasteiger partial charge in [0.2, 0.25) is 5.88 Å². The van der Waals surface area contributed by atoms with Gasteiger partial charge in [-0.05, 0) is 101 Å². The highest BCUT2D eigenvalue weighted by atomic mass is 19.1. The predicted octanol–water partition coefficient (Wildman–Crippen LogP) is 4.99. The summed E-state index contributed by atoms with van der Waals surface area (Å²) < 4.78 is 18.7. The molecule has 6 nitrogen and oxygen atoms in total. The van der Waals surface area contributed by atoms with Gasteiger partial charge in [-0.1, -0.05) is 25.1 Å². The fourth-order valence-corrected chi connectivity index (χ4v) is 3.25. The molecule has 0 aliphatic carbocycles. The van der Waals surface area contributed by atoms with Gasteiger partial charge in [-0.25, -0.2) is 14.4 Å². The number of nitrogens with zero attached hydrogens (tertiary/aromatic N) is 3. The Kier molecular flexibility index (Phi) is 14.4. The third-order valence-electron chi connectivity index (χ3n) is 5.54. The molecule has 7 heteroatoms. The van der Waals surface area contributed by atoms with E-state index in [1.165, 1.54) is 37.6 Å². The Balaban J connectivity index is 0.000000314. The van der Waals surface area contributed by atoms with Crippen molar-refractivity contribution in [2.45, 2.75) is 53.4 Å². The van der Waals surface area contributed by atoms with E-state index >= 15 is 0 Å². The van der Waals surface area contributed by atoms with Crippen LogP contribution >= 0.6 is 0 Å². The van der Waals surface area contributed by atoms with Gasteiger partial charge >= 0.3 is 0 Å². The number of aldehydes is 1. The standard InChI is InChI=1S/C15H19FN2O.C8H11NO.C5H11N/c1-10(2)15(9-19)18-11(3)13-5-4-12(6-7-17)14(16)8-13;1-3-7-4-5-8(10-2)9-6-7;1-6-4-2-3-5-6/h4-5,8-9H,6-7,17H2,1-3H3;4-6H,3H2,1-2H3;2-5H2,1H3. The second kappa shape index (κ2) is 16.7. The van der Waals surface area contributed by atoms with E-state index in [2.05, 4.69) is 28.8 Å². The van der Waals surface area contributed by atoms with Gasteiger partial charge in [0.15, 0.2) is 6.29 Å². The molecule has 0 amide bonds. The van der Waals surface area contributed by atoms with Crippen LogP contribution in [-0.2, 0) is 17.6 Å². The third-order valence-corrected chi connectivity index (χ3v) is 5.54. The van der Waals surface area contributed by atoms with Crippen molar-refractivity contribution in [2.24, 2.45) is 10.7 Å². The zero-order valence-corrected chi connectivity index (χ0v) is 22.1. The monoisotopic (exact) mass is 484 g/mol. The van der Waals surface area contributed by atoms with Crippen LogP contribution < -0.4 is 10.5 Å². The Morgan fingerprint density at radius 1 is 1.20 bits per heavy atom. The largest absolute Gasteiger partial charge is 0.481 e. The molecule has 0 atom stereocenters. The van der Waals surface area contributed by atoms with Crippen LogP contribution in [0.15, 0.2) is 52.8 Å². The Morgan fingerprint density at radius 2 is 1.89 bits per heavy atom. The van der Waals surface area contributed by atoms with E-state index in [0.717, 1.165) is 12.0 Å². The van der Waals surface area contributed by atoms with Crippen molar-refractivity contribution in [1.29, 1.82) is 0 Å². The molecule has 192 valence electrons. The summed E-state index contributed by atoms with van der Waals surface area (Å²) in [7, 11) is 3.79. The summed E-state index contributed by atoms with van der Waals surface area (Å²) in [5.41, 5.74) is 9.73. The number of benzene rings is 1. The molecule has 35 heavy (non-hydrogen) atoms. The van der Waals surface area contributed by atoms with Gasteiger partial charge in [-0.2, -0.15) is 0 Å². The molecule has 1 aromatic heterocycles. The second-order valence-corrected chi connectivity index (χ2v) is 8.62. The van der Waals surface area contributed by atoms with E-state index in [1.54, 1.807) is 26.2 Å². The molecule has 1 fully saturated rings. The van der Waals surface area contributed by atoms with E-state index in [-0.39, 0.29) is 5.82 Å². The average Bonchev–Trinajstić information content (AvgIpc) is 3.35. The number of halogens is 1. The van der Waals surface area contributed by atoms with Gasteiger partial charge < -0.3 is 15.4 Å². The van der Waals surface area contributed by atoms with Crippen LogP contribution in [-0.4, -0.2) is 55.7 Å². The van der Waals surface area contributed by atoms with Crippen LogP contribution in [0.2, 0.25) is 0 Å². The summed E-state index contributed by atoms with van der Waals surface area (Å²) in [4.78, 5) is 21.5. The lowest BCUT2D eigenvalue weighted by Crippen LogP contribution is -2.10. The summed E-state index contributed by atoms with van der Waals surface area (Å²) >= 11 is 0. The predicted molar refractivity (Wildman–Crippen MR) is 143 cm³/mol. The molecule has 0 bridgehead atoms. The van der Waals surface area contributed by atoms with Crippen LogP contribution in [0.5, 0.6) is 5.88 Å². The minimum Gasteiger partial charge on any atom is -0.481 e. The van der Waals surface area contributed by atoms with Gasteiger partial charge in [0.05, 0.1) is 7.11 Å². The Bertz CT molecular complexity index is 938. The number of methoxy groups -OCH3 is 1. The van der Waals surface area contributed by atoms with E-state index in [4.69, 9.17) is 10.5 Å². The number of aromatic nitrogens is 1. The molecule has 0 unspecified atom stereocenters. The summed E-state index contributed by atoms with van der Waals surface area (Å²) in [6.07, 6.45) is 6.90. The number of ether oxygens (including phenoxy) is 1. The van der Waals surface area contributed by atoms with Crippen LogP contribution in [0, 0.1) is 5.82 Å². The van der Waals surface area contributed by atoms with Crippen molar-refractivity contribution >= 4 is 12.0 Å². The molecule has 2 heterocycles. The summed E-state index contributed by atoms with van der Waals surface area (Å²) in [6.45, 7) is 10.5. The van der Waals surface area contributed by atoms with Crippen LogP contribution in [0.25, 0.3) is 0 Å². The van der Waals surface area contributed by atoms with Gasteiger partial charge in [0.1, 0.15) is 11.5 Å². The smallest absolute Gasteiger partial charge is 0.212 e. The first-order valence-electron chi connectivity index (χ1n) is 12.1. The number of pyridine rings is 1. The van der Waals surface area contributed by atoms with E-state index in [9.17, 15) is 9.18 Å². The first-order valence-corrected chi connectivity index (χ1v) is 12.1.